The number of rotatable bonds is 3. The molecular weight excluding hydrogens is 198 g/mol. The summed E-state index contributed by atoms with van der Waals surface area (Å²) in [4.78, 5) is 20.5. The Kier molecular flexibility index (Phi) is 3.04. The number of aromatic carboxylic acids is 1. The van der Waals surface area contributed by atoms with Crippen LogP contribution in [0.15, 0.2) is 18.2 Å². The van der Waals surface area contributed by atoms with Crippen molar-refractivity contribution in [3.05, 3.63) is 39.4 Å². The van der Waals surface area contributed by atoms with E-state index >= 15 is 0 Å². The molecule has 0 saturated carbocycles. The lowest BCUT2D eigenvalue weighted by Gasteiger charge is -2.08. The lowest BCUT2D eigenvalue weighted by atomic mass is 10.0. The van der Waals surface area contributed by atoms with Gasteiger partial charge in [0, 0.05) is 6.07 Å². The van der Waals surface area contributed by atoms with E-state index < -0.39 is 16.6 Å². The molecule has 0 aliphatic carbocycles. The van der Waals surface area contributed by atoms with E-state index in [0.29, 0.717) is 0 Å². The molecule has 0 amide bonds. The first-order chi connectivity index (χ1) is 6.93. The molecule has 0 aliphatic rings. The maximum Gasteiger partial charge on any atom is 0.278 e. The molecule has 0 spiro atoms. The first-order valence-corrected chi connectivity index (χ1v) is 4.43. The zero-order valence-corrected chi connectivity index (χ0v) is 8.39. The third-order valence-corrected chi connectivity index (χ3v) is 2.11. The van der Waals surface area contributed by atoms with E-state index in [-0.39, 0.29) is 11.5 Å². The molecule has 1 aromatic rings. The van der Waals surface area contributed by atoms with Gasteiger partial charge in [-0.05, 0) is 17.5 Å². The minimum absolute atomic E-state index is 0.111. The fourth-order valence-corrected chi connectivity index (χ4v) is 1.23. The van der Waals surface area contributed by atoms with Gasteiger partial charge in [0.2, 0.25) is 0 Å². The second kappa shape index (κ2) is 4.08. The van der Waals surface area contributed by atoms with Crippen molar-refractivity contribution in [2.75, 3.05) is 0 Å². The molecule has 1 aromatic carbocycles. The largest absolute Gasteiger partial charge is 0.545 e. The highest BCUT2D eigenvalue weighted by Gasteiger charge is 2.16. The van der Waals surface area contributed by atoms with E-state index in [2.05, 4.69) is 0 Å². The quantitative estimate of drug-likeness (QED) is 0.549. The monoisotopic (exact) mass is 208 g/mol. The summed E-state index contributed by atoms with van der Waals surface area (Å²) in [6.45, 7) is 3.75. The molecule has 0 aromatic heterocycles. The van der Waals surface area contributed by atoms with Crippen LogP contribution >= 0.6 is 0 Å². The molecule has 5 heteroatoms. The molecule has 5 nitrogen and oxygen atoms in total. The number of carboxylic acid groups (broad SMARTS) is 1. The second-order valence-electron chi connectivity index (χ2n) is 3.48. The van der Waals surface area contributed by atoms with Gasteiger partial charge in [-0.15, -0.1) is 0 Å². The molecule has 0 bridgehead atoms. The van der Waals surface area contributed by atoms with Gasteiger partial charge in [0.25, 0.3) is 5.69 Å². The highest BCUT2D eigenvalue weighted by molar-refractivity contribution is 5.90. The van der Waals surface area contributed by atoms with Crippen LogP contribution in [0.5, 0.6) is 0 Å². The van der Waals surface area contributed by atoms with Crippen LogP contribution in [-0.4, -0.2) is 10.9 Å². The zero-order valence-electron chi connectivity index (χ0n) is 8.39. The Balaban J connectivity index is 3.33. The van der Waals surface area contributed by atoms with Gasteiger partial charge in [-0.25, -0.2) is 0 Å². The molecular formula is C10H10NO4-. The number of carbonyl (C=O) groups is 1. The molecule has 0 fully saturated rings. The number of nitrogens with zero attached hydrogens (tertiary/aromatic N) is 1. The van der Waals surface area contributed by atoms with Crippen LogP contribution in [0.4, 0.5) is 5.69 Å². The first kappa shape index (κ1) is 11.2. The summed E-state index contributed by atoms with van der Waals surface area (Å²) in [7, 11) is 0. The van der Waals surface area contributed by atoms with Crippen molar-refractivity contribution >= 4 is 11.7 Å². The normalized spacial score (nSPS) is 10.3. The summed E-state index contributed by atoms with van der Waals surface area (Å²) in [5, 5.41) is 21.2. The number of carbonyl (C=O) groups excluding carboxylic acids is 1. The van der Waals surface area contributed by atoms with Gasteiger partial charge < -0.3 is 9.90 Å². The van der Waals surface area contributed by atoms with Crippen LogP contribution in [0.25, 0.3) is 0 Å². The van der Waals surface area contributed by atoms with Crippen molar-refractivity contribution in [2.24, 2.45) is 0 Å². The van der Waals surface area contributed by atoms with Gasteiger partial charge in [-0.2, -0.15) is 0 Å². The number of nitro benzene ring substituents is 1. The zero-order chi connectivity index (χ0) is 11.6. The Morgan fingerprint density at radius 3 is 2.40 bits per heavy atom. The first-order valence-electron chi connectivity index (χ1n) is 4.43. The molecule has 0 saturated heterocycles. The molecule has 0 aliphatic heterocycles. The van der Waals surface area contributed by atoms with Gasteiger partial charge in [0.15, 0.2) is 0 Å². The number of benzene rings is 1. The molecule has 0 unspecified atom stereocenters. The van der Waals surface area contributed by atoms with Gasteiger partial charge in [-0.3, -0.25) is 10.1 Å². The summed E-state index contributed by atoms with van der Waals surface area (Å²) >= 11 is 0. The van der Waals surface area contributed by atoms with Crippen molar-refractivity contribution in [3.8, 4) is 0 Å². The third kappa shape index (κ3) is 2.31. The number of carboxylic acids is 1. The molecule has 0 radical (unpaired) electrons. The summed E-state index contributed by atoms with van der Waals surface area (Å²) in [6, 6.07) is 4.04. The average Bonchev–Trinajstić information content (AvgIpc) is 2.16. The van der Waals surface area contributed by atoms with Crippen LogP contribution in [-0.2, 0) is 0 Å². The molecule has 15 heavy (non-hydrogen) atoms. The Morgan fingerprint density at radius 2 is 2.00 bits per heavy atom. The molecule has 0 atom stereocenters. The van der Waals surface area contributed by atoms with E-state index in [0.717, 1.165) is 5.56 Å². The van der Waals surface area contributed by atoms with E-state index in [1.54, 1.807) is 6.07 Å². The fourth-order valence-electron chi connectivity index (χ4n) is 1.23. The summed E-state index contributed by atoms with van der Waals surface area (Å²) in [5.41, 5.74) is -0.0719. The van der Waals surface area contributed by atoms with E-state index in [1.807, 2.05) is 13.8 Å². The highest BCUT2D eigenvalue weighted by atomic mass is 16.6. The average molecular weight is 208 g/mol. The number of hydrogen-bond acceptors (Lipinski definition) is 4. The maximum atomic E-state index is 10.6. The maximum absolute atomic E-state index is 10.6. The Bertz CT molecular complexity index is 412. The van der Waals surface area contributed by atoms with Gasteiger partial charge in [0.05, 0.1) is 16.5 Å². The Hall–Kier alpha value is -1.91. The van der Waals surface area contributed by atoms with Crippen LogP contribution in [0.2, 0.25) is 0 Å². The van der Waals surface area contributed by atoms with Crippen LogP contribution < -0.4 is 5.11 Å². The van der Waals surface area contributed by atoms with Crippen molar-refractivity contribution in [3.63, 3.8) is 0 Å². The van der Waals surface area contributed by atoms with E-state index in [9.17, 15) is 20.0 Å². The SMILES string of the molecule is CC(C)c1ccc(C(=O)[O-])c([N+](=O)[O-])c1. The summed E-state index contributed by atoms with van der Waals surface area (Å²) < 4.78 is 0. The number of hydrogen-bond donors (Lipinski definition) is 0. The van der Waals surface area contributed by atoms with Gasteiger partial charge in [-0.1, -0.05) is 19.9 Å². The van der Waals surface area contributed by atoms with Crippen LogP contribution in [0, 0.1) is 10.1 Å². The summed E-state index contributed by atoms with van der Waals surface area (Å²) in [6.07, 6.45) is 0. The van der Waals surface area contributed by atoms with Crippen molar-refractivity contribution in [2.45, 2.75) is 19.8 Å². The molecule has 0 heterocycles. The summed E-state index contributed by atoms with van der Waals surface area (Å²) in [5.74, 6) is -1.42. The predicted molar refractivity (Wildman–Crippen MR) is 51.5 cm³/mol. The van der Waals surface area contributed by atoms with Crippen molar-refractivity contribution < 1.29 is 14.8 Å². The molecule has 1 rings (SSSR count). The van der Waals surface area contributed by atoms with Crippen LogP contribution in [0.3, 0.4) is 0 Å². The topological polar surface area (TPSA) is 83.3 Å². The minimum Gasteiger partial charge on any atom is -0.545 e. The molecule has 0 N–H and O–H groups in total. The fraction of sp³-hybridized carbons (Fsp3) is 0.300. The van der Waals surface area contributed by atoms with E-state index in [4.69, 9.17) is 0 Å². The lowest BCUT2D eigenvalue weighted by Crippen LogP contribution is -2.23. The predicted octanol–water partition coefficient (Wildman–Crippen LogP) is 1.08. The second-order valence-corrected chi connectivity index (χ2v) is 3.48. The van der Waals surface area contributed by atoms with Gasteiger partial charge >= 0.3 is 0 Å². The Labute approximate surface area is 86.5 Å². The highest BCUT2D eigenvalue weighted by Crippen LogP contribution is 2.24. The third-order valence-electron chi connectivity index (χ3n) is 2.11. The Morgan fingerprint density at radius 1 is 1.40 bits per heavy atom. The lowest BCUT2D eigenvalue weighted by molar-refractivity contribution is -0.385. The number of nitro groups is 1. The van der Waals surface area contributed by atoms with Crippen LogP contribution in [0.1, 0.15) is 35.7 Å². The molecule has 80 valence electrons. The van der Waals surface area contributed by atoms with Gasteiger partial charge in [0.1, 0.15) is 0 Å². The van der Waals surface area contributed by atoms with Crippen molar-refractivity contribution in [1.29, 1.82) is 0 Å². The van der Waals surface area contributed by atoms with Crippen molar-refractivity contribution in [1.82, 2.24) is 0 Å². The minimum atomic E-state index is -1.53. The smallest absolute Gasteiger partial charge is 0.278 e. The van der Waals surface area contributed by atoms with E-state index in [1.165, 1.54) is 12.1 Å². The standard InChI is InChI=1S/C10H11NO4/c1-6(2)7-3-4-8(10(12)13)9(5-7)11(14)15/h3-6H,1-2H3,(H,12,13)/p-1.